The number of para-hydroxylation sites is 1. The first kappa shape index (κ1) is 31.8. The standard InChI is InChI=1S/C36H45N3O4/c1-4-6-7-10-28-13-17-30(18-14-28)36(41)39(23-24-42-3)27-35(40)38(26-29-15-19-32(20-16-29)43-5-2)22-21-31-25-37-34-12-9-8-11-33(31)34/h8-9,11-20,25,37H,4-7,10,21-24,26-27H2,1-3H3. The molecule has 0 saturated carbocycles. The number of nitrogens with one attached hydrogen (secondary N) is 1. The average Bonchev–Trinajstić information content (AvgIpc) is 3.45. The van der Waals surface area contributed by atoms with Crippen LogP contribution in [0.1, 0.15) is 60.2 Å². The van der Waals surface area contributed by atoms with Crippen molar-refractivity contribution in [3.05, 3.63) is 101 Å². The number of fused-ring (bicyclic) bond motifs is 1. The summed E-state index contributed by atoms with van der Waals surface area (Å²) in [6.45, 7) is 6.36. The highest BCUT2D eigenvalue weighted by Crippen LogP contribution is 2.20. The number of aryl methyl sites for hydroxylation is 1. The van der Waals surface area contributed by atoms with Gasteiger partial charge in [-0.25, -0.2) is 0 Å². The number of ether oxygens (including phenoxy) is 2. The van der Waals surface area contributed by atoms with Crippen molar-refractivity contribution in [2.45, 2.75) is 52.5 Å². The second-order valence-corrected chi connectivity index (χ2v) is 10.9. The van der Waals surface area contributed by atoms with E-state index in [9.17, 15) is 9.59 Å². The van der Waals surface area contributed by atoms with Crippen LogP contribution in [0.4, 0.5) is 0 Å². The zero-order valence-electron chi connectivity index (χ0n) is 25.8. The predicted molar refractivity (Wildman–Crippen MR) is 172 cm³/mol. The van der Waals surface area contributed by atoms with Gasteiger partial charge < -0.3 is 24.3 Å². The molecule has 0 aliphatic carbocycles. The number of aromatic amines is 1. The van der Waals surface area contributed by atoms with Crippen LogP contribution in [0.2, 0.25) is 0 Å². The SMILES string of the molecule is CCCCCc1ccc(C(=O)N(CCOC)CC(=O)N(CCc2c[nH]c3ccccc23)Cc2ccc(OCC)cc2)cc1. The summed E-state index contributed by atoms with van der Waals surface area (Å²) < 4.78 is 10.9. The van der Waals surface area contributed by atoms with Crippen LogP contribution in [0.3, 0.4) is 0 Å². The van der Waals surface area contributed by atoms with E-state index in [0.717, 1.165) is 40.6 Å². The van der Waals surface area contributed by atoms with E-state index in [2.05, 4.69) is 24.0 Å². The first-order chi connectivity index (χ1) is 21.0. The van der Waals surface area contributed by atoms with Crippen molar-refractivity contribution >= 4 is 22.7 Å². The van der Waals surface area contributed by atoms with E-state index in [-0.39, 0.29) is 18.4 Å². The Kier molecular flexibility index (Phi) is 12.2. The predicted octanol–water partition coefficient (Wildman–Crippen LogP) is 6.66. The molecule has 1 N–H and O–H groups in total. The van der Waals surface area contributed by atoms with Gasteiger partial charge in [-0.15, -0.1) is 0 Å². The fourth-order valence-electron chi connectivity index (χ4n) is 5.26. The van der Waals surface area contributed by atoms with Crippen LogP contribution in [-0.2, 0) is 28.9 Å². The summed E-state index contributed by atoms with van der Waals surface area (Å²) in [7, 11) is 1.61. The molecule has 0 fully saturated rings. The number of rotatable bonds is 17. The molecule has 7 heteroatoms. The van der Waals surface area contributed by atoms with Crippen molar-refractivity contribution in [3.8, 4) is 5.75 Å². The van der Waals surface area contributed by atoms with Gasteiger partial charge in [0.2, 0.25) is 5.91 Å². The van der Waals surface area contributed by atoms with Crippen LogP contribution in [0.15, 0.2) is 79.0 Å². The molecule has 0 aliphatic heterocycles. The number of carbonyl (C=O) groups excluding carboxylic acids is 2. The van der Waals surface area contributed by atoms with E-state index < -0.39 is 0 Å². The number of carbonyl (C=O) groups is 2. The molecule has 4 rings (SSSR count). The Hall–Kier alpha value is -4.10. The Bertz CT molecular complexity index is 1430. The summed E-state index contributed by atoms with van der Waals surface area (Å²) in [4.78, 5) is 34.3. The lowest BCUT2D eigenvalue weighted by Crippen LogP contribution is -2.44. The van der Waals surface area contributed by atoms with Gasteiger partial charge in [-0.05, 0) is 73.2 Å². The highest BCUT2D eigenvalue weighted by Gasteiger charge is 2.23. The Morgan fingerprint density at radius 3 is 2.28 bits per heavy atom. The Labute approximate surface area is 255 Å². The Balaban J connectivity index is 1.50. The molecule has 2 amide bonds. The third kappa shape index (κ3) is 9.19. The normalized spacial score (nSPS) is 11.0. The minimum absolute atomic E-state index is 0.0225. The van der Waals surface area contributed by atoms with E-state index in [0.29, 0.717) is 44.8 Å². The van der Waals surface area contributed by atoms with Gasteiger partial charge in [-0.1, -0.05) is 62.2 Å². The topological polar surface area (TPSA) is 74.9 Å². The van der Waals surface area contributed by atoms with Crippen molar-refractivity contribution in [1.82, 2.24) is 14.8 Å². The molecule has 43 heavy (non-hydrogen) atoms. The molecule has 0 bridgehead atoms. The van der Waals surface area contributed by atoms with Gasteiger partial charge in [0, 0.05) is 49.4 Å². The number of methoxy groups -OCH3 is 1. The maximum Gasteiger partial charge on any atom is 0.254 e. The van der Waals surface area contributed by atoms with Gasteiger partial charge in [0.25, 0.3) is 5.91 Å². The maximum atomic E-state index is 13.9. The number of nitrogens with zero attached hydrogens (tertiary/aromatic N) is 2. The van der Waals surface area contributed by atoms with Gasteiger partial charge in [0.1, 0.15) is 12.3 Å². The quantitative estimate of drug-likeness (QED) is 0.141. The third-order valence-electron chi connectivity index (χ3n) is 7.74. The van der Waals surface area contributed by atoms with E-state index in [1.807, 2.05) is 78.7 Å². The highest BCUT2D eigenvalue weighted by molar-refractivity contribution is 5.96. The number of H-pyrrole nitrogens is 1. The van der Waals surface area contributed by atoms with Crippen molar-refractivity contribution in [1.29, 1.82) is 0 Å². The van der Waals surface area contributed by atoms with E-state index >= 15 is 0 Å². The largest absolute Gasteiger partial charge is 0.494 e. The summed E-state index contributed by atoms with van der Waals surface area (Å²) in [5.41, 5.74) is 5.05. The fourth-order valence-corrected chi connectivity index (χ4v) is 5.26. The molecule has 0 atom stereocenters. The second kappa shape index (κ2) is 16.5. The molecule has 0 saturated heterocycles. The zero-order valence-corrected chi connectivity index (χ0v) is 25.8. The number of hydrogen-bond acceptors (Lipinski definition) is 4. The molecule has 4 aromatic rings. The average molecular weight is 584 g/mol. The molecule has 1 heterocycles. The molecule has 0 radical (unpaired) electrons. The van der Waals surface area contributed by atoms with Gasteiger partial charge in [0.15, 0.2) is 0 Å². The van der Waals surface area contributed by atoms with E-state index in [1.165, 1.54) is 18.4 Å². The number of amides is 2. The summed E-state index contributed by atoms with van der Waals surface area (Å²) in [5.74, 6) is 0.535. The molecular weight excluding hydrogens is 538 g/mol. The number of benzene rings is 3. The van der Waals surface area contributed by atoms with E-state index in [4.69, 9.17) is 9.47 Å². The van der Waals surface area contributed by atoms with Crippen molar-refractivity contribution in [2.75, 3.05) is 40.0 Å². The van der Waals surface area contributed by atoms with Crippen LogP contribution >= 0.6 is 0 Å². The van der Waals surface area contributed by atoms with Gasteiger partial charge in [0.05, 0.1) is 13.2 Å². The monoisotopic (exact) mass is 583 g/mol. The lowest BCUT2D eigenvalue weighted by atomic mass is 10.0. The first-order valence-corrected chi connectivity index (χ1v) is 15.4. The molecular formula is C36H45N3O4. The summed E-state index contributed by atoms with van der Waals surface area (Å²) in [6, 6.07) is 23.8. The lowest BCUT2D eigenvalue weighted by Gasteiger charge is -2.28. The van der Waals surface area contributed by atoms with Gasteiger partial charge >= 0.3 is 0 Å². The molecule has 0 spiro atoms. The molecule has 0 unspecified atom stereocenters. The fraction of sp³-hybridized carbons (Fsp3) is 0.389. The number of aromatic nitrogens is 1. The molecule has 7 nitrogen and oxygen atoms in total. The summed E-state index contributed by atoms with van der Waals surface area (Å²) in [6.07, 6.45) is 7.23. The molecule has 1 aromatic heterocycles. The van der Waals surface area contributed by atoms with Crippen LogP contribution in [-0.4, -0.2) is 66.6 Å². The number of unbranched alkanes of at least 4 members (excludes halogenated alkanes) is 2. The summed E-state index contributed by atoms with van der Waals surface area (Å²) in [5, 5.41) is 1.16. The molecule has 0 aliphatic rings. The number of hydrogen-bond donors (Lipinski definition) is 1. The smallest absolute Gasteiger partial charge is 0.254 e. The second-order valence-electron chi connectivity index (χ2n) is 10.9. The minimum Gasteiger partial charge on any atom is -0.494 e. The minimum atomic E-state index is -0.164. The summed E-state index contributed by atoms with van der Waals surface area (Å²) >= 11 is 0. The zero-order chi connectivity index (χ0) is 30.4. The van der Waals surface area contributed by atoms with Gasteiger partial charge in [-0.2, -0.15) is 0 Å². The third-order valence-corrected chi connectivity index (χ3v) is 7.74. The van der Waals surface area contributed by atoms with Crippen molar-refractivity contribution in [3.63, 3.8) is 0 Å². The van der Waals surface area contributed by atoms with Crippen molar-refractivity contribution < 1.29 is 19.1 Å². The molecule has 3 aromatic carbocycles. The van der Waals surface area contributed by atoms with Crippen LogP contribution in [0.25, 0.3) is 10.9 Å². The highest BCUT2D eigenvalue weighted by atomic mass is 16.5. The van der Waals surface area contributed by atoms with E-state index in [1.54, 1.807) is 12.0 Å². The molecule has 228 valence electrons. The van der Waals surface area contributed by atoms with Crippen LogP contribution in [0, 0.1) is 0 Å². The first-order valence-electron chi connectivity index (χ1n) is 15.4. The Morgan fingerprint density at radius 1 is 0.814 bits per heavy atom. The Morgan fingerprint density at radius 2 is 1.56 bits per heavy atom. The maximum absolute atomic E-state index is 13.9. The lowest BCUT2D eigenvalue weighted by molar-refractivity contribution is -0.132. The van der Waals surface area contributed by atoms with Crippen molar-refractivity contribution in [2.24, 2.45) is 0 Å². The van der Waals surface area contributed by atoms with Crippen LogP contribution in [0.5, 0.6) is 5.75 Å². The van der Waals surface area contributed by atoms with Gasteiger partial charge in [-0.3, -0.25) is 9.59 Å². The van der Waals surface area contributed by atoms with Crippen LogP contribution < -0.4 is 4.74 Å².